The maximum absolute atomic E-state index is 12.2. The number of nitrogens with zero attached hydrogens (tertiary/aromatic N) is 2. The number of aryl methyl sites for hydroxylation is 1. The number of rotatable bonds is 3. The van der Waals surface area contributed by atoms with Crippen molar-refractivity contribution in [1.82, 2.24) is 10.1 Å². The number of carbonyl (C=O) groups excluding carboxylic acids is 1. The Morgan fingerprint density at radius 1 is 1.12 bits per heavy atom. The molecule has 0 amide bonds. The van der Waals surface area contributed by atoms with Crippen LogP contribution in [0.15, 0.2) is 22.7 Å². The molecule has 3 aromatic rings. The van der Waals surface area contributed by atoms with Crippen LogP contribution in [0.25, 0.3) is 22.2 Å². The summed E-state index contributed by atoms with van der Waals surface area (Å²) in [4.78, 5) is 16.6. The van der Waals surface area contributed by atoms with Gasteiger partial charge in [0.15, 0.2) is 11.5 Å². The summed E-state index contributed by atoms with van der Waals surface area (Å²) in [6, 6.07) is 5.45. The van der Waals surface area contributed by atoms with Crippen molar-refractivity contribution in [2.75, 3.05) is 14.2 Å². The average molecular weight is 326 g/mol. The van der Waals surface area contributed by atoms with E-state index in [1.54, 1.807) is 20.3 Å². The minimum atomic E-state index is -0.398. The van der Waals surface area contributed by atoms with E-state index in [-0.39, 0.29) is 6.61 Å². The summed E-state index contributed by atoms with van der Waals surface area (Å²) in [6.45, 7) is 1.94. The molecule has 2 aromatic heterocycles. The van der Waals surface area contributed by atoms with Crippen LogP contribution in [0.4, 0.5) is 0 Å². The van der Waals surface area contributed by atoms with Crippen LogP contribution in [0.5, 0.6) is 11.5 Å². The summed E-state index contributed by atoms with van der Waals surface area (Å²) < 4.78 is 21.1. The summed E-state index contributed by atoms with van der Waals surface area (Å²) in [5.41, 5.74) is 3.51. The summed E-state index contributed by atoms with van der Waals surface area (Å²) in [6.07, 6.45) is 0. The largest absolute Gasteiger partial charge is 0.493 e. The highest BCUT2D eigenvalue weighted by molar-refractivity contribution is 6.08. The number of benzene rings is 1. The van der Waals surface area contributed by atoms with Crippen molar-refractivity contribution in [1.29, 1.82) is 0 Å². The second-order valence-corrected chi connectivity index (χ2v) is 5.40. The molecule has 0 spiro atoms. The van der Waals surface area contributed by atoms with Crippen molar-refractivity contribution in [3.8, 4) is 22.6 Å². The fraction of sp³-hybridized carbons (Fsp3) is 0.235. The van der Waals surface area contributed by atoms with E-state index in [1.165, 1.54) is 0 Å². The van der Waals surface area contributed by atoms with E-state index >= 15 is 0 Å². The predicted octanol–water partition coefficient (Wildman–Crippen LogP) is 2.89. The third-order valence-corrected chi connectivity index (χ3v) is 4.09. The van der Waals surface area contributed by atoms with Crippen LogP contribution in [0, 0.1) is 6.92 Å². The number of carbonyl (C=O) groups is 1. The summed E-state index contributed by atoms with van der Waals surface area (Å²) in [5.74, 6) is 0.770. The zero-order chi connectivity index (χ0) is 16.8. The van der Waals surface area contributed by atoms with Crippen molar-refractivity contribution in [2.24, 2.45) is 0 Å². The fourth-order valence-corrected chi connectivity index (χ4v) is 2.98. The smallest absolute Gasteiger partial charge is 0.341 e. The topological polar surface area (TPSA) is 83.7 Å². The Hall–Kier alpha value is -3.09. The molecule has 122 valence electrons. The number of pyridine rings is 1. The van der Waals surface area contributed by atoms with Crippen LogP contribution >= 0.6 is 0 Å². The van der Waals surface area contributed by atoms with Crippen molar-refractivity contribution in [3.05, 3.63) is 35.2 Å². The highest BCUT2D eigenvalue weighted by Gasteiger charge is 2.31. The van der Waals surface area contributed by atoms with Crippen LogP contribution in [0.2, 0.25) is 0 Å². The first-order chi connectivity index (χ1) is 11.6. The molecule has 0 N–H and O–H groups in total. The Bertz CT molecular complexity index is 977. The molecule has 0 saturated carbocycles. The molecular formula is C17H14N2O5. The molecule has 1 aliphatic heterocycles. The molecule has 0 fully saturated rings. The van der Waals surface area contributed by atoms with E-state index in [9.17, 15) is 4.79 Å². The Balaban J connectivity index is 2.08. The van der Waals surface area contributed by atoms with Crippen LogP contribution in [-0.4, -0.2) is 30.3 Å². The minimum absolute atomic E-state index is 0.129. The Morgan fingerprint density at radius 3 is 2.67 bits per heavy atom. The van der Waals surface area contributed by atoms with Crippen molar-refractivity contribution in [3.63, 3.8) is 0 Å². The molecule has 24 heavy (non-hydrogen) atoms. The van der Waals surface area contributed by atoms with Gasteiger partial charge in [-0.3, -0.25) is 0 Å². The molecule has 0 bridgehead atoms. The average Bonchev–Trinajstić information content (AvgIpc) is 3.16. The van der Waals surface area contributed by atoms with Gasteiger partial charge in [-0.05, 0) is 24.6 Å². The van der Waals surface area contributed by atoms with E-state index in [0.717, 1.165) is 5.56 Å². The minimum Gasteiger partial charge on any atom is -0.493 e. The summed E-state index contributed by atoms with van der Waals surface area (Å²) in [7, 11) is 3.13. The highest BCUT2D eigenvalue weighted by atomic mass is 16.5. The number of methoxy groups -OCH3 is 2. The fourth-order valence-electron chi connectivity index (χ4n) is 2.98. The van der Waals surface area contributed by atoms with E-state index < -0.39 is 5.97 Å². The van der Waals surface area contributed by atoms with Crippen LogP contribution < -0.4 is 9.47 Å². The zero-order valence-electron chi connectivity index (χ0n) is 13.4. The number of ether oxygens (including phenoxy) is 3. The Kier molecular flexibility index (Phi) is 3.16. The summed E-state index contributed by atoms with van der Waals surface area (Å²) >= 11 is 0. The number of cyclic esters (lactones) is 1. The lowest BCUT2D eigenvalue weighted by Gasteiger charge is -2.12. The Morgan fingerprint density at radius 2 is 1.92 bits per heavy atom. The molecule has 0 atom stereocenters. The Labute approximate surface area is 137 Å². The van der Waals surface area contributed by atoms with Crippen molar-refractivity contribution in [2.45, 2.75) is 13.5 Å². The number of hydrogen-bond donors (Lipinski definition) is 0. The van der Waals surface area contributed by atoms with Gasteiger partial charge in [0.25, 0.3) is 5.71 Å². The van der Waals surface area contributed by atoms with Gasteiger partial charge in [-0.25, -0.2) is 9.78 Å². The lowest BCUT2D eigenvalue weighted by Crippen LogP contribution is -2.00. The summed E-state index contributed by atoms with van der Waals surface area (Å²) in [5, 5.41) is 4.67. The van der Waals surface area contributed by atoms with Gasteiger partial charge in [0, 0.05) is 5.56 Å². The molecule has 0 saturated heterocycles. The molecule has 3 heterocycles. The zero-order valence-corrected chi connectivity index (χ0v) is 13.4. The molecule has 7 heteroatoms. The first-order valence-corrected chi connectivity index (χ1v) is 7.32. The third-order valence-electron chi connectivity index (χ3n) is 4.09. The van der Waals surface area contributed by atoms with Gasteiger partial charge in [-0.1, -0.05) is 11.2 Å². The normalized spacial score (nSPS) is 13.0. The van der Waals surface area contributed by atoms with Gasteiger partial charge in [-0.2, -0.15) is 0 Å². The number of hydrogen-bond acceptors (Lipinski definition) is 7. The maximum Gasteiger partial charge on any atom is 0.341 e. The van der Waals surface area contributed by atoms with Gasteiger partial charge in [-0.15, -0.1) is 0 Å². The molecule has 0 unspecified atom stereocenters. The predicted molar refractivity (Wildman–Crippen MR) is 84.2 cm³/mol. The molecule has 0 aliphatic carbocycles. The lowest BCUT2D eigenvalue weighted by atomic mass is 9.95. The first-order valence-electron chi connectivity index (χ1n) is 7.32. The van der Waals surface area contributed by atoms with Gasteiger partial charge < -0.3 is 18.7 Å². The lowest BCUT2D eigenvalue weighted by molar-refractivity contribution is 0.0534. The third kappa shape index (κ3) is 1.94. The molecule has 0 radical (unpaired) electrons. The first kappa shape index (κ1) is 14.5. The highest BCUT2D eigenvalue weighted by Crippen LogP contribution is 2.40. The van der Waals surface area contributed by atoms with Crippen molar-refractivity contribution >= 4 is 17.1 Å². The molecule has 1 aromatic carbocycles. The van der Waals surface area contributed by atoms with Crippen LogP contribution in [0.1, 0.15) is 21.7 Å². The SMILES string of the molecule is COc1ccc(-c2c3c(nc4onc(C)c24)COC3=O)cc1OC. The number of esters is 1. The molecule has 7 nitrogen and oxygen atoms in total. The second kappa shape index (κ2) is 5.23. The van der Waals surface area contributed by atoms with Crippen LogP contribution in [-0.2, 0) is 11.3 Å². The number of fused-ring (bicyclic) bond motifs is 2. The standard InChI is InChI=1S/C17H14N2O5/c1-8-13-14(9-4-5-11(21-2)12(6-9)22-3)15-10(7-23-17(15)20)18-16(13)24-19-8/h4-6H,7H2,1-3H3. The van der Waals surface area contributed by atoms with Gasteiger partial charge in [0.1, 0.15) is 6.61 Å². The van der Waals surface area contributed by atoms with E-state index in [4.69, 9.17) is 18.7 Å². The van der Waals surface area contributed by atoms with Crippen molar-refractivity contribution < 1.29 is 23.5 Å². The van der Waals surface area contributed by atoms with Crippen LogP contribution in [0.3, 0.4) is 0 Å². The molecule has 1 aliphatic rings. The van der Waals surface area contributed by atoms with Gasteiger partial charge >= 0.3 is 5.97 Å². The van der Waals surface area contributed by atoms with E-state index in [2.05, 4.69) is 10.1 Å². The van der Waals surface area contributed by atoms with Gasteiger partial charge in [0.2, 0.25) is 0 Å². The second-order valence-electron chi connectivity index (χ2n) is 5.40. The molecular weight excluding hydrogens is 312 g/mol. The van der Waals surface area contributed by atoms with E-state index in [1.807, 2.05) is 19.1 Å². The van der Waals surface area contributed by atoms with E-state index in [0.29, 0.717) is 45.1 Å². The number of aromatic nitrogens is 2. The molecule has 4 rings (SSSR count). The quantitative estimate of drug-likeness (QED) is 0.684. The maximum atomic E-state index is 12.2. The monoisotopic (exact) mass is 326 g/mol. The van der Waals surface area contributed by atoms with Gasteiger partial charge in [0.05, 0.1) is 36.6 Å².